The van der Waals surface area contributed by atoms with Gasteiger partial charge in [-0.2, -0.15) is 0 Å². The largest absolute Gasteiger partial charge is 0.357 e. The molecule has 0 unspecified atom stereocenters. The van der Waals surface area contributed by atoms with Crippen LogP contribution in [0.15, 0.2) is 30.3 Å². The molecule has 0 fully saturated rings. The zero-order valence-corrected chi connectivity index (χ0v) is 13.7. The first-order valence-corrected chi connectivity index (χ1v) is 7.67. The standard InChI is InChI=1S/C15H10Cl4N2/c16-7-1-2-8(10(17)3-7)15-9-4-11(18)12(19)5-13(9)21-14(15)6-20/h1-5,21H,6,20H2. The molecule has 108 valence electrons. The van der Waals surface area contributed by atoms with Gasteiger partial charge in [-0.3, -0.25) is 0 Å². The first kappa shape index (κ1) is 15.0. The van der Waals surface area contributed by atoms with Crippen LogP contribution in [0.4, 0.5) is 0 Å². The smallest absolute Gasteiger partial charge is 0.0613 e. The molecular formula is C15H10Cl4N2. The number of nitrogens with two attached hydrogens (primary N) is 1. The Bertz CT molecular complexity index is 839. The number of benzene rings is 2. The van der Waals surface area contributed by atoms with Gasteiger partial charge in [0.2, 0.25) is 0 Å². The molecule has 2 aromatic carbocycles. The van der Waals surface area contributed by atoms with E-state index in [9.17, 15) is 0 Å². The van der Waals surface area contributed by atoms with Gasteiger partial charge in [-0.25, -0.2) is 0 Å². The molecule has 6 heteroatoms. The molecule has 1 aromatic heterocycles. The lowest BCUT2D eigenvalue weighted by Gasteiger charge is -2.07. The van der Waals surface area contributed by atoms with Crippen molar-refractivity contribution in [3.8, 4) is 11.1 Å². The Morgan fingerprint density at radius 2 is 1.62 bits per heavy atom. The van der Waals surface area contributed by atoms with Crippen molar-refractivity contribution < 1.29 is 0 Å². The van der Waals surface area contributed by atoms with Crippen molar-refractivity contribution in [2.75, 3.05) is 0 Å². The molecule has 21 heavy (non-hydrogen) atoms. The Labute approximate surface area is 141 Å². The van der Waals surface area contributed by atoms with Crippen molar-refractivity contribution in [2.45, 2.75) is 6.54 Å². The van der Waals surface area contributed by atoms with Gasteiger partial charge in [0, 0.05) is 44.3 Å². The number of rotatable bonds is 2. The summed E-state index contributed by atoms with van der Waals surface area (Å²) >= 11 is 24.5. The first-order chi connectivity index (χ1) is 10.0. The van der Waals surface area contributed by atoms with Gasteiger partial charge < -0.3 is 10.7 Å². The molecule has 0 saturated carbocycles. The summed E-state index contributed by atoms with van der Waals surface area (Å²) < 4.78 is 0. The first-order valence-electron chi connectivity index (χ1n) is 6.16. The number of hydrogen-bond acceptors (Lipinski definition) is 1. The van der Waals surface area contributed by atoms with E-state index < -0.39 is 0 Å². The number of nitrogens with one attached hydrogen (secondary N) is 1. The highest BCUT2D eigenvalue weighted by molar-refractivity contribution is 6.43. The molecule has 0 atom stereocenters. The van der Waals surface area contributed by atoms with Crippen molar-refractivity contribution >= 4 is 57.3 Å². The molecule has 0 aliphatic carbocycles. The van der Waals surface area contributed by atoms with Crippen LogP contribution in [0, 0.1) is 0 Å². The fraction of sp³-hybridized carbons (Fsp3) is 0.0667. The monoisotopic (exact) mass is 358 g/mol. The molecule has 3 N–H and O–H groups in total. The lowest BCUT2D eigenvalue weighted by Crippen LogP contribution is -1.98. The van der Waals surface area contributed by atoms with Crippen LogP contribution in [0.1, 0.15) is 5.69 Å². The van der Waals surface area contributed by atoms with E-state index in [1.807, 2.05) is 12.1 Å². The molecule has 0 radical (unpaired) electrons. The second-order valence-electron chi connectivity index (χ2n) is 4.62. The Hall–Kier alpha value is -0.900. The molecule has 0 saturated heterocycles. The van der Waals surface area contributed by atoms with Crippen molar-refractivity contribution in [1.29, 1.82) is 0 Å². The van der Waals surface area contributed by atoms with E-state index in [0.717, 1.165) is 27.7 Å². The second-order valence-corrected chi connectivity index (χ2v) is 6.28. The van der Waals surface area contributed by atoms with Gasteiger partial charge in [0.25, 0.3) is 0 Å². The summed E-state index contributed by atoms with van der Waals surface area (Å²) in [6.45, 7) is 0.345. The summed E-state index contributed by atoms with van der Waals surface area (Å²) in [6, 6.07) is 8.96. The minimum absolute atomic E-state index is 0.345. The predicted molar refractivity (Wildman–Crippen MR) is 91.7 cm³/mol. The highest BCUT2D eigenvalue weighted by Gasteiger charge is 2.16. The number of H-pyrrole nitrogens is 1. The van der Waals surface area contributed by atoms with Crippen LogP contribution < -0.4 is 5.73 Å². The number of hydrogen-bond donors (Lipinski definition) is 2. The third-order valence-electron chi connectivity index (χ3n) is 3.32. The van der Waals surface area contributed by atoms with Crippen LogP contribution >= 0.6 is 46.4 Å². The quantitative estimate of drug-likeness (QED) is 0.586. The van der Waals surface area contributed by atoms with Gasteiger partial charge in [-0.05, 0) is 24.3 Å². The van der Waals surface area contributed by atoms with E-state index in [1.165, 1.54) is 0 Å². The lowest BCUT2D eigenvalue weighted by atomic mass is 10.0. The van der Waals surface area contributed by atoms with Crippen LogP contribution in [0.25, 0.3) is 22.0 Å². The number of aromatic nitrogens is 1. The molecular weight excluding hydrogens is 350 g/mol. The van der Waals surface area contributed by atoms with Gasteiger partial charge in [-0.1, -0.05) is 52.5 Å². The molecule has 3 rings (SSSR count). The van der Waals surface area contributed by atoms with E-state index in [1.54, 1.807) is 18.2 Å². The van der Waals surface area contributed by atoms with Crippen LogP contribution in [0.5, 0.6) is 0 Å². The molecule has 0 spiro atoms. The average Bonchev–Trinajstić information content (AvgIpc) is 2.77. The third-order valence-corrected chi connectivity index (χ3v) is 4.59. The van der Waals surface area contributed by atoms with Crippen molar-refractivity contribution in [1.82, 2.24) is 4.98 Å². The van der Waals surface area contributed by atoms with Crippen LogP contribution in [0.3, 0.4) is 0 Å². The molecule has 3 aromatic rings. The maximum atomic E-state index is 6.32. The van der Waals surface area contributed by atoms with Crippen molar-refractivity contribution in [3.05, 3.63) is 56.1 Å². The Morgan fingerprint density at radius 1 is 0.905 bits per heavy atom. The highest BCUT2D eigenvalue weighted by atomic mass is 35.5. The van der Waals surface area contributed by atoms with Gasteiger partial charge >= 0.3 is 0 Å². The van der Waals surface area contributed by atoms with Gasteiger partial charge in [0.05, 0.1) is 10.0 Å². The topological polar surface area (TPSA) is 41.8 Å². The molecule has 1 heterocycles. The van der Waals surface area contributed by atoms with E-state index in [0.29, 0.717) is 26.6 Å². The average molecular weight is 360 g/mol. The van der Waals surface area contributed by atoms with Crippen LogP contribution in [-0.2, 0) is 6.54 Å². The Morgan fingerprint density at radius 3 is 2.29 bits per heavy atom. The van der Waals surface area contributed by atoms with Crippen molar-refractivity contribution in [2.24, 2.45) is 5.73 Å². The number of halogens is 4. The van der Waals surface area contributed by atoms with Crippen LogP contribution in [0.2, 0.25) is 20.1 Å². The normalized spacial score (nSPS) is 11.3. The Balaban J connectivity index is 2.37. The minimum atomic E-state index is 0.345. The zero-order chi connectivity index (χ0) is 15.1. The summed E-state index contributed by atoms with van der Waals surface area (Å²) in [5.41, 5.74) is 9.35. The molecule has 0 bridgehead atoms. The maximum Gasteiger partial charge on any atom is 0.0613 e. The third kappa shape index (κ3) is 2.63. The van der Waals surface area contributed by atoms with Gasteiger partial charge in [0.15, 0.2) is 0 Å². The minimum Gasteiger partial charge on any atom is -0.357 e. The van der Waals surface area contributed by atoms with Gasteiger partial charge in [0.1, 0.15) is 0 Å². The summed E-state index contributed by atoms with van der Waals surface area (Å²) in [6.07, 6.45) is 0. The molecule has 2 nitrogen and oxygen atoms in total. The number of aromatic amines is 1. The van der Waals surface area contributed by atoms with Crippen molar-refractivity contribution in [3.63, 3.8) is 0 Å². The lowest BCUT2D eigenvalue weighted by molar-refractivity contribution is 1.02. The molecule has 0 aliphatic heterocycles. The summed E-state index contributed by atoms with van der Waals surface area (Å²) in [5.74, 6) is 0. The fourth-order valence-electron chi connectivity index (χ4n) is 2.40. The van der Waals surface area contributed by atoms with E-state index in [2.05, 4.69) is 4.98 Å². The van der Waals surface area contributed by atoms with E-state index in [4.69, 9.17) is 52.1 Å². The van der Waals surface area contributed by atoms with Gasteiger partial charge in [-0.15, -0.1) is 0 Å². The highest BCUT2D eigenvalue weighted by Crippen LogP contribution is 2.40. The second kappa shape index (κ2) is 5.71. The Kier molecular flexibility index (Phi) is 4.08. The van der Waals surface area contributed by atoms with E-state index in [-0.39, 0.29) is 0 Å². The van der Waals surface area contributed by atoms with E-state index >= 15 is 0 Å². The predicted octanol–water partition coefficient (Wildman–Crippen LogP) is 5.91. The number of fused-ring (bicyclic) bond motifs is 1. The summed E-state index contributed by atoms with van der Waals surface area (Å²) in [5, 5.41) is 3.04. The maximum absolute atomic E-state index is 6.32. The molecule has 0 amide bonds. The molecule has 0 aliphatic rings. The van der Waals surface area contributed by atoms with Crippen LogP contribution in [-0.4, -0.2) is 4.98 Å². The zero-order valence-electron chi connectivity index (χ0n) is 10.7. The summed E-state index contributed by atoms with van der Waals surface area (Å²) in [4.78, 5) is 3.26. The summed E-state index contributed by atoms with van der Waals surface area (Å²) in [7, 11) is 0. The SMILES string of the molecule is NCc1[nH]c2cc(Cl)c(Cl)cc2c1-c1ccc(Cl)cc1Cl. The fourth-order valence-corrected chi connectivity index (χ4v) is 3.23.